The Morgan fingerprint density at radius 2 is 1.76 bits per heavy atom. The van der Waals surface area contributed by atoms with E-state index < -0.39 is 6.10 Å². The lowest BCUT2D eigenvalue weighted by atomic mass is 10.1. The molecule has 1 heterocycles. The third-order valence-corrected chi connectivity index (χ3v) is 4.38. The first-order chi connectivity index (χ1) is 12.2. The minimum absolute atomic E-state index is 0.508. The zero-order valence-corrected chi connectivity index (χ0v) is 14.1. The van der Waals surface area contributed by atoms with Crippen molar-refractivity contribution in [2.24, 2.45) is 0 Å². The highest BCUT2D eigenvalue weighted by atomic mass is 16.5. The Balaban J connectivity index is 1.59. The summed E-state index contributed by atoms with van der Waals surface area (Å²) in [7, 11) is 0. The molecule has 0 aliphatic rings. The van der Waals surface area contributed by atoms with Crippen LogP contribution in [0.15, 0.2) is 66.7 Å². The predicted octanol–water partition coefficient (Wildman–Crippen LogP) is 4.32. The van der Waals surface area contributed by atoms with E-state index in [1.807, 2.05) is 53.1 Å². The van der Waals surface area contributed by atoms with Gasteiger partial charge in [-0.25, -0.2) is 4.98 Å². The summed E-state index contributed by atoms with van der Waals surface area (Å²) in [4.78, 5) is 4.55. The van der Waals surface area contributed by atoms with Gasteiger partial charge in [-0.15, -0.1) is 0 Å². The summed E-state index contributed by atoms with van der Waals surface area (Å²) in [5, 5.41) is 12.3. The summed E-state index contributed by atoms with van der Waals surface area (Å²) in [5.74, 6) is 1.55. The van der Waals surface area contributed by atoms with Crippen molar-refractivity contribution in [3.63, 3.8) is 0 Å². The number of benzene rings is 3. The molecule has 1 N–H and O–H groups in total. The molecule has 0 aliphatic carbocycles. The standard InChI is InChI=1S/C21H20N2O2/c1-15(24)21-22-18-10-4-5-11-19(18)23(21)13-14-25-20-12-6-8-16-7-2-3-9-17(16)20/h2-12,15,24H,13-14H2,1H3/t15-/m1/s1. The van der Waals surface area contributed by atoms with Crippen LogP contribution in [0.1, 0.15) is 18.9 Å². The van der Waals surface area contributed by atoms with Crippen LogP contribution >= 0.6 is 0 Å². The maximum absolute atomic E-state index is 10.0. The quantitative estimate of drug-likeness (QED) is 0.592. The molecule has 4 nitrogen and oxygen atoms in total. The molecule has 0 aliphatic heterocycles. The molecule has 0 fully saturated rings. The second-order valence-corrected chi connectivity index (χ2v) is 6.11. The maximum atomic E-state index is 10.0. The summed E-state index contributed by atoms with van der Waals surface area (Å²) in [6, 6.07) is 22.2. The largest absolute Gasteiger partial charge is 0.491 e. The van der Waals surface area contributed by atoms with Crippen molar-refractivity contribution in [3.05, 3.63) is 72.6 Å². The van der Waals surface area contributed by atoms with E-state index in [1.165, 1.54) is 0 Å². The van der Waals surface area contributed by atoms with Gasteiger partial charge in [0.2, 0.25) is 0 Å². The Morgan fingerprint density at radius 1 is 1.00 bits per heavy atom. The number of nitrogens with zero attached hydrogens (tertiary/aromatic N) is 2. The van der Waals surface area contributed by atoms with E-state index in [0.29, 0.717) is 19.0 Å². The molecule has 0 amide bonds. The van der Waals surface area contributed by atoms with E-state index in [2.05, 4.69) is 23.2 Å². The molecule has 0 saturated carbocycles. The fourth-order valence-electron chi connectivity index (χ4n) is 3.22. The van der Waals surface area contributed by atoms with Gasteiger partial charge in [-0.1, -0.05) is 48.5 Å². The molecule has 4 aromatic rings. The normalized spacial score (nSPS) is 12.6. The van der Waals surface area contributed by atoms with Gasteiger partial charge in [0.05, 0.1) is 17.6 Å². The number of aliphatic hydroxyl groups is 1. The van der Waals surface area contributed by atoms with Gasteiger partial charge in [0.25, 0.3) is 0 Å². The van der Waals surface area contributed by atoms with Gasteiger partial charge in [0, 0.05) is 5.39 Å². The van der Waals surface area contributed by atoms with Crippen LogP contribution in [0.4, 0.5) is 0 Å². The third-order valence-electron chi connectivity index (χ3n) is 4.38. The van der Waals surface area contributed by atoms with Crippen LogP contribution in [-0.4, -0.2) is 21.3 Å². The van der Waals surface area contributed by atoms with Gasteiger partial charge in [-0.2, -0.15) is 0 Å². The van der Waals surface area contributed by atoms with Gasteiger partial charge in [0.1, 0.15) is 24.3 Å². The van der Waals surface area contributed by atoms with E-state index >= 15 is 0 Å². The number of hydrogen-bond donors (Lipinski definition) is 1. The van der Waals surface area contributed by atoms with Crippen LogP contribution in [0.25, 0.3) is 21.8 Å². The lowest BCUT2D eigenvalue weighted by Gasteiger charge is -2.13. The number of ether oxygens (including phenoxy) is 1. The van der Waals surface area contributed by atoms with Crippen LogP contribution in [0.5, 0.6) is 5.75 Å². The Hall–Kier alpha value is -2.85. The molecule has 126 valence electrons. The second-order valence-electron chi connectivity index (χ2n) is 6.11. The average molecular weight is 332 g/mol. The Labute approximate surface area is 146 Å². The fraction of sp³-hybridized carbons (Fsp3) is 0.190. The number of aliphatic hydroxyl groups excluding tert-OH is 1. The lowest BCUT2D eigenvalue weighted by Crippen LogP contribution is -2.13. The number of rotatable bonds is 5. The maximum Gasteiger partial charge on any atom is 0.138 e. The topological polar surface area (TPSA) is 47.3 Å². The van der Waals surface area contributed by atoms with E-state index in [1.54, 1.807) is 6.92 Å². The average Bonchev–Trinajstić information content (AvgIpc) is 3.01. The van der Waals surface area contributed by atoms with Crippen molar-refractivity contribution in [2.45, 2.75) is 19.6 Å². The van der Waals surface area contributed by atoms with E-state index in [9.17, 15) is 5.11 Å². The van der Waals surface area contributed by atoms with Crippen LogP contribution in [0.3, 0.4) is 0 Å². The zero-order valence-electron chi connectivity index (χ0n) is 14.1. The highest BCUT2D eigenvalue weighted by molar-refractivity contribution is 5.88. The zero-order chi connectivity index (χ0) is 17.2. The minimum Gasteiger partial charge on any atom is -0.491 e. The Morgan fingerprint density at radius 3 is 2.64 bits per heavy atom. The van der Waals surface area contributed by atoms with Crippen molar-refractivity contribution >= 4 is 21.8 Å². The molecule has 0 unspecified atom stereocenters. The van der Waals surface area contributed by atoms with Gasteiger partial charge < -0.3 is 14.4 Å². The second kappa shape index (κ2) is 6.57. The molecular weight excluding hydrogens is 312 g/mol. The molecular formula is C21H20N2O2. The molecule has 0 bridgehead atoms. The van der Waals surface area contributed by atoms with E-state index in [4.69, 9.17) is 4.74 Å². The Bertz CT molecular complexity index is 1020. The van der Waals surface area contributed by atoms with Crippen molar-refractivity contribution < 1.29 is 9.84 Å². The van der Waals surface area contributed by atoms with Crippen LogP contribution in [0.2, 0.25) is 0 Å². The minimum atomic E-state index is -0.620. The van der Waals surface area contributed by atoms with Crippen molar-refractivity contribution in [2.75, 3.05) is 6.61 Å². The van der Waals surface area contributed by atoms with Gasteiger partial charge in [-0.3, -0.25) is 0 Å². The van der Waals surface area contributed by atoms with E-state index in [0.717, 1.165) is 27.6 Å². The molecule has 0 saturated heterocycles. The highest BCUT2D eigenvalue weighted by Gasteiger charge is 2.14. The molecule has 0 spiro atoms. The SMILES string of the molecule is C[C@@H](O)c1nc2ccccc2n1CCOc1cccc2ccccc12. The predicted molar refractivity (Wildman–Crippen MR) is 99.8 cm³/mol. The first-order valence-corrected chi connectivity index (χ1v) is 8.48. The molecule has 4 rings (SSSR count). The van der Waals surface area contributed by atoms with Gasteiger partial charge >= 0.3 is 0 Å². The van der Waals surface area contributed by atoms with Crippen LogP contribution < -0.4 is 4.74 Å². The first-order valence-electron chi connectivity index (χ1n) is 8.48. The number of fused-ring (bicyclic) bond motifs is 2. The monoisotopic (exact) mass is 332 g/mol. The molecule has 4 heteroatoms. The molecule has 1 aromatic heterocycles. The van der Waals surface area contributed by atoms with E-state index in [-0.39, 0.29) is 0 Å². The van der Waals surface area contributed by atoms with Crippen molar-refractivity contribution in [3.8, 4) is 5.75 Å². The summed E-state index contributed by atoms with van der Waals surface area (Å²) in [5.41, 5.74) is 1.91. The summed E-state index contributed by atoms with van der Waals surface area (Å²) in [6.45, 7) is 2.88. The Kier molecular flexibility index (Phi) is 4.12. The third kappa shape index (κ3) is 2.96. The fourth-order valence-corrected chi connectivity index (χ4v) is 3.22. The highest BCUT2D eigenvalue weighted by Crippen LogP contribution is 2.26. The number of hydrogen-bond acceptors (Lipinski definition) is 3. The number of para-hydroxylation sites is 2. The number of imidazole rings is 1. The van der Waals surface area contributed by atoms with Crippen molar-refractivity contribution in [1.29, 1.82) is 0 Å². The number of aromatic nitrogens is 2. The van der Waals surface area contributed by atoms with Crippen LogP contribution in [-0.2, 0) is 6.54 Å². The smallest absolute Gasteiger partial charge is 0.138 e. The van der Waals surface area contributed by atoms with Gasteiger partial charge in [0.15, 0.2) is 0 Å². The first kappa shape index (κ1) is 15.7. The molecule has 3 aromatic carbocycles. The summed E-state index contributed by atoms with van der Waals surface area (Å²) >= 11 is 0. The molecule has 25 heavy (non-hydrogen) atoms. The summed E-state index contributed by atoms with van der Waals surface area (Å²) in [6.07, 6.45) is -0.620. The summed E-state index contributed by atoms with van der Waals surface area (Å²) < 4.78 is 8.08. The molecule has 0 radical (unpaired) electrons. The van der Waals surface area contributed by atoms with Gasteiger partial charge in [-0.05, 0) is 30.5 Å². The van der Waals surface area contributed by atoms with Crippen LogP contribution in [0, 0.1) is 0 Å². The molecule has 1 atom stereocenters. The lowest BCUT2D eigenvalue weighted by molar-refractivity contribution is 0.181. The van der Waals surface area contributed by atoms with Crippen molar-refractivity contribution in [1.82, 2.24) is 9.55 Å².